The van der Waals surface area contributed by atoms with Crippen molar-refractivity contribution in [2.75, 3.05) is 0 Å². The fourth-order valence-corrected chi connectivity index (χ4v) is 11.7. The van der Waals surface area contributed by atoms with Crippen LogP contribution in [0, 0.1) is 28.6 Å². The Kier molecular flexibility index (Phi) is 8.05. The van der Waals surface area contributed by atoms with Crippen LogP contribution in [0.25, 0.3) is 83.3 Å². The van der Waals surface area contributed by atoms with Crippen LogP contribution in [0.5, 0.6) is 0 Å². The van der Waals surface area contributed by atoms with Crippen LogP contribution in [0.2, 0.25) is 0 Å². The van der Waals surface area contributed by atoms with Crippen molar-refractivity contribution in [3.8, 4) is 12.1 Å². The van der Waals surface area contributed by atoms with Crippen LogP contribution < -0.4 is 0 Å². The highest BCUT2D eigenvalue weighted by Gasteiger charge is 2.55. The van der Waals surface area contributed by atoms with Gasteiger partial charge in [-0.15, -0.1) is 0 Å². The molecule has 65 heavy (non-hydrogen) atoms. The van der Waals surface area contributed by atoms with E-state index in [9.17, 15) is 10.5 Å². The van der Waals surface area contributed by atoms with Crippen molar-refractivity contribution in [2.24, 2.45) is 5.92 Å². The van der Waals surface area contributed by atoms with E-state index in [-0.39, 0.29) is 0 Å². The van der Waals surface area contributed by atoms with E-state index in [1.54, 1.807) is 6.07 Å². The largest absolute Gasteiger partial charge is 0.309 e. The average molecular weight is 832 g/mol. The smallest absolute Gasteiger partial charge is 0.0992 e. The van der Waals surface area contributed by atoms with Gasteiger partial charge in [0.15, 0.2) is 0 Å². The Labute approximate surface area is 376 Å². The molecule has 5 nitrogen and oxygen atoms in total. The third-order valence-corrected chi connectivity index (χ3v) is 14.3. The standard InChI is InChI=1S/C60H41N5/c1-38-30-31-55-49(32-38)48-24-9-12-27-52(48)63(55)57-56(41-16-3-2-4-17-41)60(42-18-15-19-42,43-34-39(36-61)33-40(35-43)37-62)59(65-53-28-13-7-22-46(53)47-23-8-14-29-54(47)65)58(57)64-50-25-10-5-20-44(50)45-21-6-11-26-51(45)64/h2-14,16-18,20-31,33-35,38H,15,19,32H2,1H3. The predicted molar refractivity (Wildman–Crippen MR) is 267 cm³/mol. The van der Waals surface area contributed by atoms with Crippen LogP contribution >= 0.6 is 0 Å². The number of allylic oxidation sites excluding steroid dienone is 7. The van der Waals surface area contributed by atoms with E-state index in [4.69, 9.17) is 0 Å². The van der Waals surface area contributed by atoms with Crippen molar-refractivity contribution in [1.29, 1.82) is 10.5 Å². The number of para-hydroxylation sites is 5. The molecule has 3 aliphatic carbocycles. The van der Waals surface area contributed by atoms with Gasteiger partial charge in [0.2, 0.25) is 0 Å². The molecule has 0 bridgehead atoms. The zero-order chi connectivity index (χ0) is 43.4. The van der Waals surface area contributed by atoms with E-state index in [1.807, 2.05) is 0 Å². The fourth-order valence-electron chi connectivity index (χ4n) is 11.7. The van der Waals surface area contributed by atoms with Gasteiger partial charge < -0.3 is 13.7 Å². The molecule has 0 saturated heterocycles. The zero-order valence-corrected chi connectivity index (χ0v) is 35.8. The summed E-state index contributed by atoms with van der Waals surface area (Å²) in [6.45, 7) is 2.31. The molecule has 13 rings (SSSR count). The van der Waals surface area contributed by atoms with Crippen LogP contribution in [0.3, 0.4) is 0 Å². The van der Waals surface area contributed by atoms with Gasteiger partial charge in [-0.05, 0) is 96.5 Å². The normalized spacial score (nSPS) is 18.1. The van der Waals surface area contributed by atoms with E-state index in [0.717, 1.165) is 91.4 Å². The van der Waals surface area contributed by atoms with Gasteiger partial charge in [-0.3, -0.25) is 0 Å². The maximum absolute atomic E-state index is 10.8. The summed E-state index contributed by atoms with van der Waals surface area (Å²) in [6.07, 6.45) is 9.82. The number of aromatic nitrogens is 3. The monoisotopic (exact) mass is 831 g/mol. The van der Waals surface area contributed by atoms with E-state index < -0.39 is 5.41 Å². The van der Waals surface area contributed by atoms with Crippen molar-refractivity contribution >= 4 is 83.3 Å². The summed E-state index contributed by atoms with van der Waals surface area (Å²) in [6, 6.07) is 65.9. The van der Waals surface area contributed by atoms with Gasteiger partial charge in [0.05, 0.1) is 73.4 Å². The van der Waals surface area contributed by atoms with Gasteiger partial charge in [-0.2, -0.15) is 10.5 Å². The lowest BCUT2D eigenvalue weighted by molar-refractivity contribution is 0.691. The molecule has 0 N–H and O–H groups in total. The molecular weight excluding hydrogens is 791 g/mol. The van der Waals surface area contributed by atoms with Gasteiger partial charge in [0, 0.05) is 38.2 Å². The van der Waals surface area contributed by atoms with Gasteiger partial charge in [-0.25, -0.2) is 0 Å². The van der Waals surface area contributed by atoms with Crippen LogP contribution in [0.15, 0.2) is 188 Å². The third-order valence-electron chi connectivity index (χ3n) is 14.3. The molecule has 0 aliphatic heterocycles. The Morgan fingerprint density at radius 2 is 1.02 bits per heavy atom. The highest BCUT2D eigenvalue weighted by atomic mass is 15.2. The van der Waals surface area contributed by atoms with Crippen molar-refractivity contribution in [3.05, 3.63) is 221 Å². The van der Waals surface area contributed by atoms with Crippen molar-refractivity contribution in [3.63, 3.8) is 0 Å². The summed E-state index contributed by atoms with van der Waals surface area (Å²) in [5.41, 5.74) is 15.5. The highest BCUT2D eigenvalue weighted by Crippen LogP contribution is 2.66. The Morgan fingerprint density at radius 3 is 1.52 bits per heavy atom. The summed E-state index contributed by atoms with van der Waals surface area (Å²) in [7, 11) is 0. The maximum Gasteiger partial charge on any atom is 0.0992 e. The van der Waals surface area contributed by atoms with Gasteiger partial charge in [-0.1, -0.05) is 146 Å². The van der Waals surface area contributed by atoms with E-state index in [0.29, 0.717) is 17.0 Å². The minimum Gasteiger partial charge on any atom is -0.309 e. The molecule has 3 heterocycles. The molecule has 3 aliphatic rings. The topological polar surface area (TPSA) is 62.4 Å². The second-order valence-corrected chi connectivity index (χ2v) is 17.8. The minimum absolute atomic E-state index is 0.380. The maximum atomic E-state index is 10.8. The lowest BCUT2D eigenvalue weighted by Crippen LogP contribution is -2.35. The first kappa shape index (κ1) is 37.2. The summed E-state index contributed by atoms with van der Waals surface area (Å²) >= 11 is 0. The van der Waals surface area contributed by atoms with Gasteiger partial charge in [0.25, 0.3) is 0 Å². The van der Waals surface area contributed by atoms with Crippen molar-refractivity contribution in [1.82, 2.24) is 13.7 Å². The first-order valence-electron chi connectivity index (χ1n) is 22.6. The SMILES string of the molecule is CC1C=Cc2c(c3ccccc3n2C2=C(c3ccccc3)C(C3=CCC3)(c3cc(C#N)cc(C#N)c3)C(n3c4ccccc4c4ccccc43)=C2n2c3ccccc3c3ccccc32)C1. The Bertz CT molecular complexity index is 3760. The number of hydrogen-bond acceptors (Lipinski definition) is 2. The van der Waals surface area contributed by atoms with Gasteiger partial charge in [0.1, 0.15) is 0 Å². The van der Waals surface area contributed by atoms with E-state index >= 15 is 0 Å². The van der Waals surface area contributed by atoms with Crippen molar-refractivity contribution in [2.45, 2.75) is 31.6 Å². The molecule has 7 aromatic carbocycles. The number of fused-ring (bicyclic) bond motifs is 9. The Balaban J connectivity index is 1.39. The van der Waals surface area contributed by atoms with Crippen LogP contribution in [-0.4, -0.2) is 13.7 Å². The molecule has 306 valence electrons. The lowest BCUT2D eigenvalue weighted by Gasteiger charge is -2.42. The van der Waals surface area contributed by atoms with Crippen molar-refractivity contribution < 1.29 is 0 Å². The predicted octanol–water partition coefficient (Wildman–Crippen LogP) is 14.4. The van der Waals surface area contributed by atoms with E-state index in [1.165, 1.54) is 33.0 Å². The first-order chi connectivity index (χ1) is 32.1. The molecule has 0 spiro atoms. The molecule has 2 unspecified atom stereocenters. The Morgan fingerprint density at radius 1 is 0.538 bits per heavy atom. The second-order valence-electron chi connectivity index (χ2n) is 17.8. The lowest BCUT2D eigenvalue weighted by atomic mass is 9.62. The third kappa shape index (κ3) is 5.07. The molecule has 3 aromatic heterocycles. The zero-order valence-electron chi connectivity index (χ0n) is 35.8. The minimum atomic E-state index is -1.01. The quantitative estimate of drug-likeness (QED) is 0.157. The summed E-state index contributed by atoms with van der Waals surface area (Å²) < 4.78 is 7.65. The number of benzene rings is 7. The number of nitrogens with zero attached hydrogens (tertiary/aromatic N) is 5. The fraction of sp³-hybridized carbons (Fsp3) is 0.100. The molecule has 0 saturated carbocycles. The summed E-state index contributed by atoms with van der Waals surface area (Å²) in [5.74, 6) is 0.380. The van der Waals surface area contributed by atoms with Crippen LogP contribution in [0.4, 0.5) is 0 Å². The molecule has 5 heteroatoms. The first-order valence-corrected chi connectivity index (χ1v) is 22.6. The molecular formula is C60H41N5. The van der Waals surface area contributed by atoms with Crippen LogP contribution in [-0.2, 0) is 11.8 Å². The average Bonchev–Trinajstić information content (AvgIpc) is 4.04. The van der Waals surface area contributed by atoms with Gasteiger partial charge >= 0.3 is 0 Å². The highest BCUT2D eigenvalue weighted by molar-refractivity contribution is 6.29. The molecule has 0 fully saturated rings. The van der Waals surface area contributed by atoms with Crippen LogP contribution in [0.1, 0.15) is 53.3 Å². The molecule has 0 radical (unpaired) electrons. The molecule has 2 atom stereocenters. The Hall–Kier alpha value is -8.38. The second kappa shape index (κ2) is 14.1. The molecule has 10 aromatic rings. The molecule has 0 amide bonds. The number of rotatable bonds is 6. The summed E-state index contributed by atoms with van der Waals surface area (Å²) in [5, 5.41) is 27.6. The number of hydrogen-bond donors (Lipinski definition) is 0. The van der Waals surface area contributed by atoms with E-state index in [2.05, 4.69) is 215 Å². The number of nitriles is 2. The summed E-state index contributed by atoms with van der Waals surface area (Å²) in [4.78, 5) is 0.